The highest BCUT2D eigenvalue weighted by atomic mass is 31.2. The molecule has 4 aromatic rings. The first-order chi connectivity index (χ1) is 28.2. The fourth-order valence-electron chi connectivity index (χ4n) is 6.81. The van der Waals surface area contributed by atoms with Crippen LogP contribution in [0.4, 0.5) is 10.1 Å². The molecule has 1 unspecified atom stereocenters. The Morgan fingerprint density at radius 1 is 0.931 bits per heavy atom. The lowest BCUT2D eigenvalue weighted by atomic mass is 9.90. The first-order valence-corrected chi connectivity index (χ1v) is 21.2. The molecule has 0 radical (unpaired) electrons. The second kappa shape index (κ2) is 20.1. The van der Waals surface area contributed by atoms with E-state index < -0.39 is 31.5 Å². The SMILES string of the molecule is CCOC(=O)[C@H](C)NP(=O)(CCNC(=O)c1c2c(c(OC(c3ccccc3)c3ccccc3)c(C=O)c1CNCc1ccc(F)cc1)NCC=C2)OC1=CCCC=C1. The maximum atomic E-state index is 14.5. The third-order valence-corrected chi connectivity index (χ3v) is 11.7. The van der Waals surface area contributed by atoms with Crippen LogP contribution in [0, 0.1) is 5.82 Å². The number of amides is 1. The number of hydrogen-bond acceptors (Lipinski definition) is 9. The highest BCUT2D eigenvalue weighted by Gasteiger charge is 2.33. The predicted octanol–water partition coefficient (Wildman–Crippen LogP) is 8.25. The molecule has 0 saturated heterocycles. The number of allylic oxidation sites excluding steroid dienone is 3. The van der Waals surface area contributed by atoms with Crippen molar-refractivity contribution in [1.82, 2.24) is 15.7 Å². The summed E-state index contributed by atoms with van der Waals surface area (Å²) in [6.07, 6.45) is 10.6. The van der Waals surface area contributed by atoms with Crippen LogP contribution in [0.1, 0.15) is 81.3 Å². The van der Waals surface area contributed by atoms with E-state index in [-0.39, 0.29) is 48.6 Å². The first kappa shape index (κ1) is 41.8. The number of halogens is 1. The van der Waals surface area contributed by atoms with Crippen molar-refractivity contribution in [3.05, 3.63) is 160 Å². The van der Waals surface area contributed by atoms with E-state index >= 15 is 0 Å². The molecule has 6 rings (SSSR count). The summed E-state index contributed by atoms with van der Waals surface area (Å²) in [4.78, 5) is 40.4. The van der Waals surface area contributed by atoms with Crippen LogP contribution in [-0.2, 0) is 31.7 Å². The van der Waals surface area contributed by atoms with Crippen molar-refractivity contribution in [3.8, 4) is 5.75 Å². The molecule has 0 bridgehead atoms. The lowest BCUT2D eigenvalue weighted by Crippen LogP contribution is -2.36. The number of carbonyl (C=O) groups is 3. The summed E-state index contributed by atoms with van der Waals surface area (Å²) in [5, 5.41) is 12.4. The normalized spacial score (nSPS) is 14.7. The predicted molar refractivity (Wildman–Crippen MR) is 223 cm³/mol. The number of rotatable bonds is 19. The van der Waals surface area contributed by atoms with Crippen LogP contribution in [0.15, 0.2) is 115 Å². The Balaban J connectivity index is 1.36. The second-order valence-electron chi connectivity index (χ2n) is 13.8. The molecular weight excluding hydrogens is 758 g/mol. The Kier molecular flexibility index (Phi) is 14.5. The number of fused-ring (bicyclic) bond motifs is 1. The van der Waals surface area contributed by atoms with Gasteiger partial charge in [0.05, 0.1) is 29.6 Å². The van der Waals surface area contributed by atoms with Gasteiger partial charge in [-0.25, -0.2) is 9.48 Å². The maximum absolute atomic E-state index is 14.5. The average Bonchev–Trinajstić information content (AvgIpc) is 3.24. The monoisotopic (exact) mass is 806 g/mol. The zero-order valence-electron chi connectivity index (χ0n) is 32.5. The van der Waals surface area contributed by atoms with Gasteiger partial charge in [-0.2, -0.15) is 0 Å². The second-order valence-corrected chi connectivity index (χ2v) is 16.0. The Morgan fingerprint density at radius 2 is 1.64 bits per heavy atom. The average molecular weight is 807 g/mol. The highest BCUT2D eigenvalue weighted by molar-refractivity contribution is 7.57. The third-order valence-electron chi connectivity index (χ3n) is 9.58. The number of esters is 1. The standard InChI is InChI=1S/C45H48FN4O7P/c1-3-55-45(53)31(2)50-58(54,57-36-18-11-6-12-19-36)27-26-49-44(52)40-37-20-13-25-48-41(37)43(39(30-51)38(40)29-47-28-32-21-23-35(46)24-22-32)56-42(33-14-7-4-8-15-33)34-16-9-5-10-17-34/h4-5,7-11,13-24,30-31,42,47-48H,3,6,12,25-29H2,1-2H3,(H,49,52)(H,50,54)/t31-,58?/m0/s1. The van der Waals surface area contributed by atoms with E-state index in [0.29, 0.717) is 48.4 Å². The van der Waals surface area contributed by atoms with Crippen LogP contribution in [0.25, 0.3) is 6.08 Å². The van der Waals surface area contributed by atoms with Crippen molar-refractivity contribution >= 4 is 37.4 Å². The molecule has 302 valence electrons. The molecule has 13 heteroatoms. The molecule has 1 amide bonds. The number of benzene rings is 4. The van der Waals surface area contributed by atoms with E-state index in [4.69, 9.17) is 14.0 Å². The molecule has 58 heavy (non-hydrogen) atoms. The van der Waals surface area contributed by atoms with Crippen LogP contribution < -0.4 is 25.8 Å². The number of nitrogens with one attached hydrogen (secondary N) is 4. The van der Waals surface area contributed by atoms with Gasteiger partial charge < -0.3 is 29.9 Å². The zero-order valence-corrected chi connectivity index (χ0v) is 33.4. The first-order valence-electron chi connectivity index (χ1n) is 19.4. The maximum Gasteiger partial charge on any atom is 0.323 e. The van der Waals surface area contributed by atoms with E-state index in [1.165, 1.54) is 12.1 Å². The lowest BCUT2D eigenvalue weighted by Gasteiger charge is -2.29. The molecule has 1 aliphatic heterocycles. The van der Waals surface area contributed by atoms with Gasteiger partial charge in [-0.05, 0) is 73.2 Å². The smallest absolute Gasteiger partial charge is 0.323 e. The molecule has 2 atom stereocenters. The van der Waals surface area contributed by atoms with Crippen LogP contribution in [0.5, 0.6) is 5.75 Å². The van der Waals surface area contributed by atoms with Crippen LogP contribution in [-0.4, -0.2) is 50.1 Å². The Morgan fingerprint density at radius 3 is 2.28 bits per heavy atom. The van der Waals surface area contributed by atoms with E-state index in [0.717, 1.165) is 23.1 Å². The highest BCUT2D eigenvalue weighted by Crippen LogP contribution is 2.46. The summed E-state index contributed by atoms with van der Waals surface area (Å²) in [6.45, 7) is 4.06. The van der Waals surface area contributed by atoms with Gasteiger partial charge in [-0.15, -0.1) is 0 Å². The Labute approximate surface area is 338 Å². The minimum Gasteiger partial charge on any atom is -0.478 e. The number of carbonyl (C=O) groups excluding carboxylic acids is 3. The number of ether oxygens (including phenoxy) is 2. The van der Waals surface area contributed by atoms with Crippen molar-refractivity contribution < 1.29 is 37.3 Å². The lowest BCUT2D eigenvalue weighted by molar-refractivity contribution is -0.144. The Bertz CT molecular complexity index is 2170. The minimum absolute atomic E-state index is 0.0632. The largest absolute Gasteiger partial charge is 0.478 e. The van der Waals surface area contributed by atoms with Gasteiger partial charge in [-0.3, -0.25) is 18.9 Å². The molecule has 0 fully saturated rings. The van der Waals surface area contributed by atoms with Gasteiger partial charge in [0.2, 0.25) is 0 Å². The fourth-order valence-corrected chi connectivity index (χ4v) is 8.66. The van der Waals surface area contributed by atoms with Crippen LogP contribution >= 0.6 is 7.52 Å². The topological polar surface area (TPSA) is 144 Å². The van der Waals surface area contributed by atoms with Crippen molar-refractivity contribution in [2.45, 2.75) is 51.9 Å². The van der Waals surface area contributed by atoms with Gasteiger partial charge in [0, 0.05) is 31.7 Å². The molecule has 4 aromatic carbocycles. The zero-order chi connectivity index (χ0) is 40.9. The van der Waals surface area contributed by atoms with Gasteiger partial charge >= 0.3 is 13.5 Å². The number of anilines is 1. The summed E-state index contributed by atoms with van der Waals surface area (Å²) in [5.41, 5.74) is 4.27. The van der Waals surface area contributed by atoms with E-state index in [1.54, 1.807) is 32.1 Å². The summed E-state index contributed by atoms with van der Waals surface area (Å²) in [5.74, 6) is -0.786. The molecular formula is C45H48FN4O7P. The van der Waals surface area contributed by atoms with Gasteiger partial charge in [0.25, 0.3) is 5.91 Å². The molecule has 11 nitrogen and oxygen atoms in total. The van der Waals surface area contributed by atoms with Crippen molar-refractivity contribution in [3.63, 3.8) is 0 Å². The molecule has 0 aromatic heterocycles. The van der Waals surface area contributed by atoms with E-state index in [2.05, 4.69) is 21.0 Å². The van der Waals surface area contributed by atoms with Crippen molar-refractivity contribution in [2.75, 3.05) is 31.2 Å². The molecule has 0 spiro atoms. The third kappa shape index (κ3) is 10.6. The fraction of sp³-hybridized carbons (Fsp3) is 0.267. The molecule has 1 heterocycles. The quantitative estimate of drug-likeness (QED) is 0.0416. The molecule has 0 saturated carbocycles. The summed E-state index contributed by atoms with van der Waals surface area (Å²) in [6, 6.07) is 24.4. The van der Waals surface area contributed by atoms with Crippen molar-refractivity contribution in [1.29, 1.82) is 0 Å². The van der Waals surface area contributed by atoms with E-state index in [1.807, 2.05) is 85.0 Å². The van der Waals surface area contributed by atoms with Crippen LogP contribution in [0.3, 0.4) is 0 Å². The summed E-state index contributed by atoms with van der Waals surface area (Å²) in [7, 11) is -3.78. The van der Waals surface area contributed by atoms with Gasteiger partial charge in [-0.1, -0.05) is 91.0 Å². The number of hydrogen-bond donors (Lipinski definition) is 4. The van der Waals surface area contributed by atoms with Gasteiger partial charge in [0.15, 0.2) is 12.0 Å². The van der Waals surface area contributed by atoms with Crippen LogP contribution in [0.2, 0.25) is 0 Å². The summed E-state index contributed by atoms with van der Waals surface area (Å²) >= 11 is 0. The molecule has 2 aliphatic rings. The molecule has 4 N–H and O–H groups in total. The minimum atomic E-state index is -3.78. The molecule has 1 aliphatic carbocycles. The number of aldehydes is 1. The Hall–Kier alpha value is -5.81. The van der Waals surface area contributed by atoms with E-state index in [9.17, 15) is 23.3 Å². The summed E-state index contributed by atoms with van der Waals surface area (Å²) < 4.78 is 46.0. The van der Waals surface area contributed by atoms with Crippen molar-refractivity contribution in [2.24, 2.45) is 0 Å². The van der Waals surface area contributed by atoms with Gasteiger partial charge in [0.1, 0.15) is 23.7 Å².